The number of nitrogens with one attached hydrogen (secondary N) is 1. The van der Waals surface area contributed by atoms with Crippen molar-refractivity contribution in [2.24, 2.45) is 14.1 Å². The molecular formula is C20H22F3N5O3. The van der Waals surface area contributed by atoms with Crippen molar-refractivity contribution in [2.45, 2.75) is 31.7 Å². The first-order valence-corrected chi connectivity index (χ1v) is 9.84. The van der Waals surface area contributed by atoms with E-state index in [-0.39, 0.29) is 23.8 Å². The van der Waals surface area contributed by atoms with Crippen LogP contribution in [0.15, 0.2) is 33.9 Å². The van der Waals surface area contributed by atoms with E-state index >= 15 is 0 Å². The first-order chi connectivity index (χ1) is 14.7. The molecule has 2 aromatic heterocycles. The van der Waals surface area contributed by atoms with Crippen LogP contribution in [-0.4, -0.2) is 37.9 Å². The minimum absolute atomic E-state index is 0.0694. The number of imidazole rings is 1. The van der Waals surface area contributed by atoms with E-state index in [2.05, 4.69) is 10.3 Å². The first-order valence-electron chi connectivity index (χ1n) is 9.84. The zero-order chi connectivity index (χ0) is 22.3. The smallest absolute Gasteiger partial charge is 0.376 e. The van der Waals surface area contributed by atoms with Gasteiger partial charge in [0.05, 0.1) is 18.2 Å². The molecule has 3 aromatic rings. The maximum Gasteiger partial charge on any atom is 0.416 e. The largest absolute Gasteiger partial charge is 0.416 e. The van der Waals surface area contributed by atoms with E-state index in [1.807, 2.05) is 0 Å². The van der Waals surface area contributed by atoms with Crippen LogP contribution < -0.4 is 16.6 Å². The molecule has 166 valence electrons. The summed E-state index contributed by atoms with van der Waals surface area (Å²) in [6.45, 7) is 1.10. The van der Waals surface area contributed by atoms with Crippen LogP contribution >= 0.6 is 0 Å². The molecule has 3 heterocycles. The molecule has 0 saturated carbocycles. The van der Waals surface area contributed by atoms with Gasteiger partial charge in [-0.3, -0.25) is 13.9 Å². The van der Waals surface area contributed by atoms with Gasteiger partial charge in [-0.1, -0.05) is 12.1 Å². The molecule has 1 N–H and O–H groups in total. The molecule has 0 spiro atoms. The summed E-state index contributed by atoms with van der Waals surface area (Å²) < 4.78 is 47.8. The van der Waals surface area contributed by atoms with Crippen LogP contribution in [0.1, 0.15) is 24.0 Å². The second-order valence-electron chi connectivity index (χ2n) is 7.61. The van der Waals surface area contributed by atoms with Crippen molar-refractivity contribution in [3.8, 4) is 0 Å². The van der Waals surface area contributed by atoms with Crippen molar-refractivity contribution in [2.75, 3.05) is 18.5 Å². The summed E-state index contributed by atoms with van der Waals surface area (Å²) >= 11 is 0. The highest BCUT2D eigenvalue weighted by Gasteiger charge is 2.30. The average molecular weight is 437 g/mol. The minimum atomic E-state index is -4.45. The fourth-order valence-corrected chi connectivity index (χ4v) is 3.73. The van der Waals surface area contributed by atoms with Crippen LogP contribution in [0.3, 0.4) is 0 Å². The lowest BCUT2D eigenvalue weighted by molar-refractivity contribution is -0.137. The van der Waals surface area contributed by atoms with Crippen molar-refractivity contribution < 1.29 is 17.9 Å². The number of hydrogen-bond donors (Lipinski definition) is 1. The van der Waals surface area contributed by atoms with Gasteiger partial charge in [0.2, 0.25) is 5.95 Å². The summed E-state index contributed by atoms with van der Waals surface area (Å²) in [5.74, 6) is 0.435. The Morgan fingerprint density at radius 3 is 2.48 bits per heavy atom. The van der Waals surface area contributed by atoms with E-state index < -0.39 is 23.0 Å². The Hall–Kier alpha value is -3.08. The lowest BCUT2D eigenvalue weighted by Gasteiger charge is -2.11. The minimum Gasteiger partial charge on any atom is -0.376 e. The molecule has 1 saturated heterocycles. The lowest BCUT2D eigenvalue weighted by atomic mass is 10.1. The second kappa shape index (κ2) is 7.88. The Labute approximate surface area is 174 Å². The lowest BCUT2D eigenvalue weighted by Crippen LogP contribution is -2.39. The van der Waals surface area contributed by atoms with Gasteiger partial charge in [0, 0.05) is 27.2 Å². The fraction of sp³-hybridized carbons (Fsp3) is 0.450. The quantitative estimate of drug-likeness (QED) is 0.661. The first kappa shape index (κ1) is 21.2. The number of anilines is 1. The summed E-state index contributed by atoms with van der Waals surface area (Å²) in [7, 11) is 3.17. The Morgan fingerprint density at radius 2 is 1.87 bits per heavy atom. The molecule has 0 aliphatic carbocycles. The normalized spacial score (nSPS) is 16.9. The number of hydrogen-bond acceptors (Lipinski definition) is 5. The number of aryl methyl sites for hydroxylation is 2. The zero-order valence-corrected chi connectivity index (χ0v) is 17.1. The highest BCUT2D eigenvalue weighted by Crippen LogP contribution is 2.29. The van der Waals surface area contributed by atoms with Crippen molar-refractivity contribution >= 4 is 17.1 Å². The number of aromatic nitrogens is 4. The van der Waals surface area contributed by atoms with Crippen LogP contribution in [0.5, 0.6) is 0 Å². The van der Waals surface area contributed by atoms with Crippen molar-refractivity contribution in [1.29, 1.82) is 0 Å². The molecule has 4 rings (SSSR count). The maximum absolute atomic E-state index is 13.1. The van der Waals surface area contributed by atoms with Gasteiger partial charge in [-0.15, -0.1) is 0 Å². The van der Waals surface area contributed by atoms with E-state index in [4.69, 9.17) is 4.74 Å². The van der Waals surface area contributed by atoms with E-state index in [0.29, 0.717) is 18.1 Å². The SMILES string of the molecule is Cn1c(NC[C@@H]2CCCO2)nc2c1c(=O)n(Cc1ccc(C(F)(F)F)cc1)c(=O)n2C. The van der Waals surface area contributed by atoms with Gasteiger partial charge in [-0.05, 0) is 30.5 Å². The molecule has 1 fully saturated rings. The topological polar surface area (TPSA) is 83.1 Å². The number of benzene rings is 1. The number of ether oxygens (including phenoxy) is 1. The standard InChI is InChI=1S/C20H22F3N5O3/c1-26-15-16(25-18(26)24-10-14-4-3-9-31-14)27(2)19(30)28(17(15)29)11-12-5-7-13(8-6-12)20(21,22)23/h5-8,14H,3-4,9-11H2,1-2H3,(H,24,25)/t14-/m0/s1. The summed E-state index contributed by atoms with van der Waals surface area (Å²) in [5, 5.41) is 3.16. The number of halogens is 3. The highest BCUT2D eigenvalue weighted by atomic mass is 19.4. The van der Waals surface area contributed by atoms with Crippen molar-refractivity contribution in [3.05, 3.63) is 56.2 Å². The number of nitrogens with zero attached hydrogens (tertiary/aromatic N) is 4. The van der Waals surface area contributed by atoms with E-state index in [1.165, 1.54) is 23.7 Å². The highest BCUT2D eigenvalue weighted by molar-refractivity contribution is 5.74. The van der Waals surface area contributed by atoms with Gasteiger partial charge in [0.15, 0.2) is 11.2 Å². The third-order valence-corrected chi connectivity index (χ3v) is 5.49. The van der Waals surface area contributed by atoms with E-state index in [9.17, 15) is 22.8 Å². The number of fused-ring (bicyclic) bond motifs is 1. The molecule has 0 radical (unpaired) electrons. The predicted octanol–water partition coefficient (Wildman–Crippen LogP) is 2.09. The Kier molecular flexibility index (Phi) is 5.38. The average Bonchev–Trinajstić information content (AvgIpc) is 3.36. The summed E-state index contributed by atoms with van der Waals surface area (Å²) in [5.41, 5.74) is -1.08. The fourth-order valence-electron chi connectivity index (χ4n) is 3.73. The molecule has 1 aromatic carbocycles. The van der Waals surface area contributed by atoms with E-state index in [1.54, 1.807) is 11.6 Å². The third-order valence-electron chi connectivity index (χ3n) is 5.49. The summed E-state index contributed by atoms with van der Waals surface area (Å²) in [6, 6.07) is 4.38. The van der Waals surface area contributed by atoms with Gasteiger partial charge >= 0.3 is 11.9 Å². The molecular weight excluding hydrogens is 415 g/mol. The monoisotopic (exact) mass is 437 g/mol. The molecule has 0 unspecified atom stereocenters. The molecule has 1 atom stereocenters. The number of alkyl halides is 3. The van der Waals surface area contributed by atoms with Gasteiger partial charge in [0.1, 0.15) is 0 Å². The molecule has 1 aliphatic rings. The summed E-state index contributed by atoms with van der Waals surface area (Å²) in [6.07, 6.45) is -2.45. The van der Waals surface area contributed by atoms with Crippen LogP contribution in [0.2, 0.25) is 0 Å². The van der Waals surface area contributed by atoms with Gasteiger partial charge in [-0.25, -0.2) is 4.79 Å². The second-order valence-corrected chi connectivity index (χ2v) is 7.61. The van der Waals surface area contributed by atoms with Crippen LogP contribution in [0.4, 0.5) is 19.1 Å². The molecule has 8 nitrogen and oxygen atoms in total. The maximum atomic E-state index is 13.1. The molecule has 31 heavy (non-hydrogen) atoms. The van der Waals surface area contributed by atoms with Crippen LogP contribution in [-0.2, 0) is 31.6 Å². The van der Waals surface area contributed by atoms with Crippen molar-refractivity contribution in [3.63, 3.8) is 0 Å². The van der Waals surface area contributed by atoms with Gasteiger partial charge in [0.25, 0.3) is 5.56 Å². The molecule has 0 amide bonds. The molecule has 1 aliphatic heterocycles. The number of rotatable bonds is 5. The van der Waals surface area contributed by atoms with Crippen LogP contribution in [0, 0.1) is 0 Å². The Balaban J connectivity index is 1.69. The molecule has 11 heteroatoms. The van der Waals surface area contributed by atoms with Gasteiger partial charge < -0.3 is 14.6 Å². The third kappa shape index (κ3) is 3.97. The van der Waals surface area contributed by atoms with Gasteiger partial charge in [-0.2, -0.15) is 18.2 Å². The van der Waals surface area contributed by atoms with Crippen molar-refractivity contribution in [1.82, 2.24) is 18.7 Å². The zero-order valence-electron chi connectivity index (χ0n) is 17.1. The summed E-state index contributed by atoms with van der Waals surface area (Å²) in [4.78, 5) is 30.3. The van der Waals surface area contributed by atoms with Crippen LogP contribution in [0.25, 0.3) is 11.2 Å². The Morgan fingerprint density at radius 1 is 1.16 bits per heavy atom. The molecule has 0 bridgehead atoms. The predicted molar refractivity (Wildman–Crippen MR) is 108 cm³/mol. The van der Waals surface area contributed by atoms with E-state index in [0.717, 1.165) is 36.1 Å². The Bertz CT molecular complexity index is 1220.